The summed E-state index contributed by atoms with van der Waals surface area (Å²) in [6.45, 7) is -1.44. The van der Waals surface area contributed by atoms with Gasteiger partial charge in [0.05, 0.1) is 17.1 Å². The first-order valence-corrected chi connectivity index (χ1v) is 10.6. The minimum atomic E-state index is -2.77. The summed E-state index contributed by atoms with van der Waals surface area (Å²) < 4.78 is 29.2. The summed E-state index contributed by atoms with van der Waals surface area (Å²) in [6, 6.07) is 10.4. The van der Waals surface area contributed by atoms with Gasteiger partial charge in [-0.15, -0.1) is 0 Å². The summed E-state index contributed by atoms with van der Waals surface area (Å²) in [5.41, 5.74) is 0.0265. The lowest BCUT2D eigenvalue weighted by Crippen LogP contribution is -2.41. The molecular formula is C21H18F2N6O3S. The van der Waals surface area contributed by atoms with E-state index in [1.807, 2.05) is 30.3 Å². The molecule has 0 saturated heterocycles. The van der Waals surface area contributed by atoms with Gasteiger partial charge in [-0.1, -0.05) is 41.7 Å². The van der Waals surface area contributed by atoms with E-state index in [2.05, 4.69) is 15.3 Å². The highest BCUT2D eigenvalue weighted by atomic mass is 32.1. The van der Waals surface area contributed by atoms with Gasteiger partial charge in [-0.05, 0) is 12.5 Å². The van der Waals surface area contributed by atoms with E-state index in [-0.39, 0.29) is 17.5 Å². The number of carbonyl (C=O) groups is 1. The minimum absolute atomic E-state index is 0.0311. The Hall–Kier alpha value is -3.93. The molecule has 170 valence electrons. The first-order chi connectivity index (χ1) is 15.8. The molecule has 0 saturated carbocycles. The number of aryl methyl sites for hydroxylation is 1. The van der Waals surface area contributed by atoms with Crippen molar-refractivity contribution in [3.63, 3.8) is 0 Å². The van der Waals surface area contributed by atoms with Crippen molar-refractivity contribution in [3.8, 4) is 10.7 Å². The Labute approximate surface area is 189 Å². The average molecular weight is 472 g/mol. The fraction of sp³-hybridized carbons (Fsp3) is 0.190. The molecule has 1 aromatic carbocycles. The highest BCUT2D eigenvalue weighted by Crippen LogP contribution is 2.33. The molecule has 12 heteroatoms. The molecule has 0 aliphatic rings. The Bertz CT molecular complexity index is 1410. The predicted molar refractivity (Wildman–Crippen MR) is 118 cm³/mol. The van der Waals surface area contributed by atoms with Crippen LogP contribution in [0.15, 0.2) is 64.6 Å². The third kappa shape index (κ3) is 4.80. The van der Waals surface area contributed by atoms with Crippen molar-refractivity contribution in [1.82, 2.24) is 23.7 Å². The number of thiazole rings is 1. The second kappa shape index (κ2) is 9.28. The van der Waals surface area contributed by atoms with Crippen LogP contribution < -0.4 is 16.6 Å². The van der Waals surface area contributed by atoms with Crippen molar-refractivity contribution in [3.05, 3.63) is 87.1 Å². The lowest BCUT2D eigenvalue weighted by molar-refractivity contribution is -0.116. The number of nitrogens with zero attached hydrogens (tertiary/aromatic N) is 5. The van der Waals surface area contributed by atoms with Crippen LogP contribution in [0.25, 0.3) is 10.7 Å². The van der Waals surface area contributed by atoms with Crippen LogP contribution in [0.5, 0.6) is 0 Å². The van der Waals surface area contributed by atoms with E-state index in [4.69, 9.17) is 0 Å². The van der Waals surface area contributed by atoms with E-state index in [9.17, 15) is 23.2 Å². The molecule has 0 bridgehead atoms. The molecule has 0 fully saturated rings. The number of halogens is 2. The molecule has 9 nitrogen and oxygen atoms in total. The SMILES string of the molecule is Cc1nc(NC(=O)Cn2c(=O)ccn(Cc3ccccc3)c2=O)sc1-c1nccn1C(F)F. The van der Waals surface area contributed by atoms with Gasteiger partial charge in [-0.25, -0.2) is 14.8 Å². The zero-order valence-electron chi connectivity index (χ0n) is 17.3. The molecular weight excluding hydrogens is 454 g/mol. The first kappa shape index (κ1) is 22.3. The van der Waals surface area contributed by atoms with Gasteiger partial charge in [0.2, 0.25) is 5.91 Å². The van der Waals surface area contributed by atoms with Crippen LogP contribution in [0, 0.1) is 6.92 Å². The summed E-state index contributed by atoms with van der Waals surface area (Å²) in [5, 5.41) is 2.67. The Morgan fingerprint density at radius 3 is 2.64 bits per heavy atom. The van der Waals surface area contributed by atoms with E-state index in [0.717, 1.165) is 27.7 Å². The van der Waals surface area contributed by atoms with Gasteiger partial charge >= 0.3 is 12.2 Å². The zero-order valence-corrected chi connectivity index (χ0v) is 18.1. The number of imidazole rings is 1. The topological polar surface area (TPSA) is 104 Å². The van der Waals surface area contributed by atoms with Gasteiger partial charge in [-0.2, -0.15) is 8.78 Å². The zero-order chi connectivity index (χ0) is 23.5. The highest BCUT2D eigenvalue weighted by molar-refractivity contribution is 7.19. The number of carbonyl (C=O) groups excluding carboxylic acids is 1. The molecule has 3 aromatic heterocycles. The molecule has 0 atom stereocenters. The minimum Gasteiger partial charge on any atom is -0.300 e. The highest BCUT2D eigenvalue weighted by Gasteiger charge is 2.20. The summed E-state index contributed by atoms with van der Waals surface area (Å²) in [7, 11) is 0. The van der Waals surface area contributed by atoms with Crippen LogP contribution in [0.3, 0.4) is 0 Å². The number of amides is 1. The number of anilines is 1. The molecule has 0 aliphatic carbocycles. The quantitative estimate of drug-likeness (QED) is 0.446. The smallest absolute Gasteiger partial charge is 0.300 e. The molecule has 1 N–H and O–H groups in total. The predicted octanol–water partition coefficient (Wildman–Crippen LogP) is 2.72. The summed E-state index contributed by atoms with van der Waals surface area (Å²) in [6.07, 6.45) is 3.79. The number of aromatic nitrogens is 5. The fourth-order valence-corrected chi connectivity index (χ4v) is 4.19. The van der Waals surface area contributed by atoms with E-state index in [1.54, 1.807) is 6.92 Å². The number of hydrogen-bond acceptors (Lipinski definition) is 6. The Balaban J connectivity index is 1.53. The van der Waals surface area contributed by atoms with Crippen molar-refractivity contribution < 1.29 is 13.6 Å². The largest absolute Gasteiger partial charge is 0.331 e. The molecule has 1 amide bonds. The second-order valence-corrected chi connectivity index (χ2v) is 8.05. The monoisotopic (exact) mass is 472 g/mol. The van der Waals surface area contributed by atoms with Crippen molar-refractivity contribution in [2.45, 2.75) is 26.6 Å². The van der Waals surface area contributed by atoms with Crippen LogP contribution in [0.1, 0.15) is 17.8 Å². The lowest BCUT2D eigenvalue weighted by Gasteiger charge is -2.09. The second-order valence-electron chi connectivity index (χ2n) is 7.05. The maximum atomic E-state index is 13.2. The maximum absolute atomic E-state index is 13.2. The number of benzene rings is 1. The van der Waals surface area contributed by atoms with Crippen molar-refractivity contribution >= 4 is 22.4 Å². The van der Waals surface area contributed by atoms with Gasteiger partial charge < -0.3 is 5.32 Å². The van der Waals surface area contributed by atoms with Crippen LogP contribution in [0.4, 0.5) is 13.9 Å². The van der Waals surface area contributed by atoms with Gasteiger partial charge in [0, 0.05) is 24.7 Å². The van der Waals surface area contributed by atoms with Gasteiger partial charge in [0.25, 0.3) is 5.56 Å². The lowest BCUT2D eigenvalue weighted by atomic mass is 10.2. The Morgan fingerprint density at radius 2 is 1.91 bits per heavy atom. The normalized spacial score (nSPS) is 11.2. The van der Waals surface area contributed by atoms with Gasteiger partial charge in [0.15, 0.2) is 11.0 Å². The molecule has 4 rings (SSSR count). The number of alkyl halides is 2. The molecule has 0 radical (unpaired) electrons. The Morgan fingerprint density at radius 1 is 1.15 bits per heavy atom. The van der Waals surface area contributed by atoms with Crippen LogP contribution in [-0.2, 0) is 17.9 Å². The molecule has 33 heavy (non-hydrogen) atoms. The van der Waals surface area contributed by atoms with Crippen molar-refractivity contribution in [2.24, 2.45) is 0 Å². The van der Waals surface area contributed by atoms with E-state index in [1.165, 1.54) is 23.0 Å². The standard InChI is InChI=1S/C21H18F2N6O3S/c1-13-17(18-24-8-10-28(18)19(22)23)33-20(25-13)26-15(30)12-29-16(31)7-9-27(21(29)32)11-14-5-3-2-4-6-14/h2-10,19H,11-12H2,1H3,(H,25,26,30). The summed E-state index contributed by atoms with van der Waals surface area (Å²) in [4.78, 5) is 46.0. The average Bonchev–Trinajstić information content (AvgIpc) is 3.40. The molecule has 3 heterocycles. The summed E-state index contributed by atoms with van der Waals surface area (Å²) in [5.74, 6) is -0.618. The van der Waals surface area contributed by atoms with E-state index in [0.29, 0.717) is 15.1 Å². The first-order valence-electron chi connectivity index (χ1n) is 9.76. The van der Waals surface area contributed by atoms with Gasteiger partial charge in [0.1, 0.15) is 6.54 Å². The fourth-order valence-electron chi connectivity index (χ4n) is 3.21. The molecule has 0 spiro atoms. The van der Waals surface area contributed by atoms with Crippen LogP contribution in [0.2, 0.25) is 0 Å². The Kier molecular flexibility index (Phi) is 6.27. The van der Waals surface area contributed by atoms with E-state index >= 15 is 0 Å². The number of rotatable bonds is 7. The third-order valence-electron chi connectivity index (χ3n) is 4.76. The summed E-state index contributed by atoms with van der Waals surface area (Å²) >= 11 is 0.971. The van der Waals surface area contributed by atoms with Crippen molar-refractivity contribution in [2.75, 3.05) is 5.32 Å². The van der Waals surface area contributed by atoms with Gasteiger partial charge in [-0.3, -0.25) is 23.3 Å². The maximum Gasteiger partial charge on any atom is 0.331 e. The van der Waals surface area contributed by atoms with Crippen LogP contribution in [-0.4, -0.2) is 29.6 Å². The van der Waals surface area contributed by atoms with E-state index < -0.39 is 30.3 Å². The van der Waals surface area contributed by atoms with Crippen molar-refractivity contribution in [1.29, 1.82) is 0 Å². The molecule has 0 unspecified atom stereocenters. The number of nitrogens with one attached hydrogen (secondary N) is 1. The number of hydrogen-bond donors (Lipinski definition) is 1. The van der Waals surface area contributed by atoms with Crippen LogP contribution >= 0.6 is 11.3 Å². The third-order valence-corrected chi connectivity index (χ3v) is 5.83. The molecule has 0 aliphatic heterocycles. The molecule has 4 aromatic rings.